The highest BCUT2D eigenvalue weighted by atomic mass is 79.9. The lowest BCUT2D eigenvalue weighted by atomic mass is 9.93. The average molecular weight is 548 g/mol. The van der Waals surface area contributed by atoms with E-state index >= 15 is 0 Å². The van der Waals surface area contributed by atoms with Crippen LogP contribution in [0.1, 0.15) is 26.2 Å². The van der Waals surface area contributed by atoms with Crippen LogP contribution in [0, 0.1) is 11.3 Å². The Hall–Kier alpha value is -2.73. The van der Waals surface area contributed by atoms with Crippen molar-refractivity contribution in [1.29, 1.82) is 5.41 Å². The van der Waals surface area contributed by atoms with E-state index < -0.39 is 0 Å². The SMILES string of the molecule is CCNC(=O)N1CCC(CCn2cnc(=N)c3[nH]c(Sc4cc5c(cc4Br)OCO5)nc32)CC1. The molecule has 1 fully saturated rings. The van der Waals surface area contributed by atoms with Crippen LogP contribution in [0.4, 0.5) is 4.79 Å². The fraction of sp³-hybridized carbons (Fsp3) is 0.455. The molecule has 180 valence electrons. The number of hydrogen-bond donors (Lipinski definition) is 3. The zero-order valence-electron chi connectivity index (χ0n) is 18.8. The van der Waals surface area contributed by atoms with E-state index in [4.69, 9.17) is 19.9 Å². The molecule has 2 amide bonds. The number of ether oxygens (including phenoxy) is 2. The van der Waals surface area contributed by atoms with Crippen molar-refractivity contribution < 1.29 is 14.3 Å². The molecule has 0 unspecified atom stereocenters. The van der Waals surface area contributed by atoms with Gasteiger partial charge in [-0.05, 0) is 60.2 Å². The Morgan fingerprint density at radius 3 is 2.85 bits per heavy atom. The van der Waals surface area contributed by atoms with Crippen molar-refractivity contribution in [2.24, 2.45) is 5.92 Å². The lowest BCUT2D eigenvalue weighted by Crippen LogP contribution is -2.44. The predicted molar refractivity (Wildman–Crippen MR) is 130 cm³/mol. The van der Waals surface area contributed by atoms with E-state index in [0.29, 0.717) is 34.6 Å². The molecule has 0 saturated carbocycles. The maximum Gasteiger partial charge on any atom is 0.317 e. The summed E-state index contributed by atoms with van der Waals surface area (Å²) >= 11 is 5.05. The van der Waals surface area contributed by atoms with Gasteiger partial charge >= 0.3 is 6.03 Å². The average Bonchev–Trinajstić information content (AvgIpc) is 3.47. The van der Waals surface area contributed by atoms with Gasteiger partial charge in [0.05, 0.1) is 6.33 Å². The summed E-state index contributed by atoms with van der Waals surface area (Å²) in [4.78, 5) is 27.1. The first-order chi connectivity index (χ1) is 16.5. The second-order valence-electron chi connectivity index (χ2n) is 8.32. The summed E-state index contributed by atoms with van der Waals surface area (Å²) in [6, 6.07) is 3.84. The number of aromatic amines is 1. The number of fused-ring (bicyclic) bond motifs is 2. The Balaban J connectivity index is 1.28. The summed E-state index contributed by atoms with van der Waals surface area (Å²) in [5.41, 5.74) is 1.51. The second-order valence-corrected chi connectivity index (χ2v) is 10.2. The molecule has 2 aliphatic heterocycles. The summed E-state index contributed by atoms with van der Waals surface area (Å²) in [5, 5.41) is 11.8. The fourth-order valence-electron chi connectivity index (χ4n) is 4.26. The topological polar surface area (TPSA) is 121 Å². The lowest BCUT2D eigenvalue weighted by molar-refractivity contribution is 0.167. The third-order valence-electron chi connectivity index (χ3n) is 6.14. The van der Waals surface area contributed by atoms with Gasteiger partial charge in [0.2, 0.25) is 6.79 Å². The van der Waals surface area contributed by atoms with Crippen LogP contribution >= 0.6 is 27.7 Å². The van der Waals surface area contributed by atoms with Gasteiger partial charge in [-0.1, -0.05) is 11.8 Å². The number of H-pyrrole nitrogens is 1. The second kappa shape index (κ2) is 9.87. The Kier molecular flexibility index (Phi) is 6.68. The molecule has 0 aliphatic carbocycles. The standard InChI is InChI=1S/C22H26BrN7O3S/c1-2-25-22(31)29-6-3-13(4-7-29)5-8-30-11-26-19(24)18-20(30)28-21(27-18)34-17-10-16-15(9-14(17)23)32-12-33-16/h9-11,13,24H,2-8,12H2,1H3,(H,25,31)(H,27,28). The first-order valence-corrected chi connectivity index (χ1v) is 12.9. The maximum absolute atomic E-state index is 12.0. The number of halogens is 1. The quantitative estimate of drug-likeness (QED) is 0.432. The number of carbonyl (C=O) groups excluding carboxylic acids is 1. The smallest absolute Gasteiger partial charge is 0.317 e. The van der Waals surface area contributed by atoms with E-state index in [2.05, 4.69) is 31.2 Å². The summed E-state index contributed by atoms with van der Waals surface area (Å²) in [6.07, 6.45) is 4.65. The molecule has 10 nitrogen and oxygen atoms in total. The Morgan fingerprint density at radius 1 is 1.32 bits per heavy atom. The molecular formula is C22H26BrN7O3S. The molecule has 3 N–H and O–H groups in total. The number of benzene rings is 1. The van der Waals surface area contributed by atoms with Crippen molar-refractivity contribution in [2.45, 2.75) is 42.8 Å². The van der Waals surface area contributed by atoms with E-state index in [9.17, 15) is 4.79 Å². The van der Waals surface area contributed by atoms with Crippen molar-refractivity contribution in [3.8, 4) is 11.5 Å². The van der Waals surface area contributed by atoms with Gasteiger partial charge in [-0.3, -0.25) is 5.41 Å². The van der Waals surface area contributed by atoms with E-state index in [1.165, 1.54) is 11.8 Å². The third kappa shape index (κ3) is 4.74. The molecule has 3 aromatic rings. The van der Waals surface area contributed by atoms with Crippen molar-refractivity contribution in [3.63, 3.8) is 0 Å². The largest absolute Gasteiger partial charge is 0.454 e. The molecule has 2 aromatic heterocycles. The van der Waals surface area contributed by atoms with E-state index in [-0.39, 0.29) is 18.3 Å². The minimum atomic E-state index is 0.0305. The normalized spacial score (nSPS) is 15.8. The Labute approximate surface area is 209 Å². The van der Waals surface area contributed by atoms with E-state index in [1.54, 1.807) is 6.33 Å². The first-order valence-electron chi connectivity index (χ1n) is 11.3. The van der Waals surface area contributed by atoms with Gasteiger partial charge < -0.3 is 29.2 Å². The minimum absolute atomic E-state index is 0.0305. The highest BCUT2D eigenvalue weighted by Gasteiger charge is 2.23. The first kappa shape index (κ1) is 23.0. The Bertz CT molecular complexity index is 1270. The summed E-state index contributed by atoms with van der Waals surface area (Å²) in [5.74, 6) is 1.97. The number of imidazole rings is 1. The zero-order chi connectivity index (χ0) is 23.7. The van der Waals surface area contributed by atoms with Gasteiger partial charge in [0.1, 0.15) is 5.52 Å². The summed E-state index contributed by atoms with van der Waals surface area (Å²) in [6.45, 7) is 5.14. The van der Waals surface area contributed by atoms with Crippen molar-refractivity contribution in [1.82, 2.24) is 29.7 Å². The molecule has 2 aliphatic rings. The number of piperidine rings is 1. The summed E-state index contributed by atoms with van der Waals surface area (Å²) < 4.78 is 13.8. The number of likely N-dealkylation sites (tertiary alicyclic amines) is 1. The van der Waals surface area contributed by atoms with Gasteiger partial charge in [-0.15, -0.1) is 0 Å². The molecule has 0 atom stereocenters. The van der Waals surface area contributed by atoms with Crippen LogP contribution in [0.25, 0.3) is 11.2 Å². The van der Waals surface area contributed by atoms with Crippen molar-refractivity contribution in [2.75, 3.05) is 26.4 Å². The van der Waals surface area contributed by atoms with Crippen LogP contribution in [0.5, 0.6) is 11.5 Å². The van der Waals surface area contributed by atoms with Gasteiger partial charge in [0.15, 0.2) is 27.8 Å². The molecule has 1 aromatic carbocycles. The molecule has 0 radical (unpaired) electrons. The number of amides is 2. The monoisotopic (exact) mass is 547 g/mol. The van der Waals surface area contributed by atoms with Crippen LogP contribution in [0.15, 0.2) is 33.0 Å². The highest BCUT2D eigenvalue weighted by molar-refractivity contribution is 9.10. The predicted octanol–water partition coefficient (Wildman–Crippen LogP) is 3.71. The van der Waals surface area contributed by atoms with E-state index in [1.807, 2.05) is 28.5 Å². The Morgan fingerprint density at radius 2 is 2.09 bits per heavy atom. The molecule has 34 heavy (non-hydrogen) atoms. The van der Waals surface area contributed by atoms with Crippen LogP contribution in [0.2, 0.25) is 0 Å². The molecule has 5 rings (SSSR count). The molecule has 1 saturated heterocycles. The number of carbonyl (C=O) groups is 1. The van der Waals surface area contributed by atoms with E-state index in [0.717, 1.165) is 53.9 Å². The van der Waals surface area contributed by atoms with Crippen LogP contribution < -0.4 is 20.3 Å². The van der Waals surface area contributed by atoms with Crippen molar-refractivity contribution >= 4 is 44.9 Å². The molecule has 4 heterocycles. The number of nitrogens with zero attached hydrogens (tertiary/aromatic N) is 4. The summed E-state index contributed by atoms with van der Waals surface area (Å²) in [7, 11) is 0. The molecule has 12 heteroatoms. The number of hydrogen-bond acceptors (Lipinski definition) is 7. The van der Waals surface area contributed by atoms with Gasteiger partial charge in [0, 0.05) is 35.5 Å². The van der Waals surface area contributed by atoms with Crippen LogP contribution in [0.3, 0.4) is 0 Å². The van der Waals surface area contributed by atoms with Gasteiger partial charge in [-0.2, -0.15) is 0 Å². The lowest BCUT2D eigenvalue weighted by Gasteiger charge is -2.32. The van der Waals surface area contributed by atoms with Crippen LogP contribution in [-0.2, 0) is 6.54 Å². The van der Waals surface area contributed by atoms with Crippen LogP contribution in [-0.4, -0.2) is 56.9 Å². The number of nitrogens with one attached hydrogen (secondary N) is 3. The third-order valence-corrected chi connectivity index (χ3v) is 8.00. The minimum Gasteiger partial charge on any atom is -0.454 e. The number of urea groups is 1. The van der Waals surface area contributed by atoms with Gasteiger partial charge in [0.25, 0.3) is 0 Å². The van der Waals surface area contributed by atoms with Gasteiger partial charge in [-0.25, -0.2) is 14.8 Å². The molecular weight excluding hydrogens is 522 g/mol. The highest BCUT2D eigenvalue weighted by Crippen LogP contribution is 2.42. The maximum atomic E-state index is 12.0. The van der Waals surface area contributed by atoms with Crippen molar-refractivity contribution in [3.05, 3.63) is 28.4 Å². The number of rotatable bonds is 6. The number of aryl methyl sites for hydroxylation is 1. The fourth-order valence-corrected chi connectivity index (χ4v) is 5.65. The zero-order valence-corrected chi connectivity index (χ0v) is 21.2. The molecule has 0 spiro atoms. The number of aromatic nitrogens is 4. The molecule has 0 bridgehead atoms.